The topological polar surface area (TPSA) is 161 Å². The maximum absolute atomic E-state index is 13.6. The van der Waals surface area contributed by atoms with Gasteiger partial charge in [0.1, 0.15) is 29.9 Å². The number of ether oxygens (including phenoxy) is 3. The number of benzene rings is 2. The smallest absolute Gasteiger partial charge is 0.407 e. The molecule has 4 N–H and O–H groups in total. The van der Waals surface area contributed by atoms with Crippen molar-refractivity contribution in [3.63, 3.8) is 0 Å². The Hall–Kier alpha value is -4.61. The number of carbonyl (C=O) groups excluding carboxylic acids is 5. The zero-order valence-corrected chi connectivity index (χ0v) is 32.6. The lowest BCUT2D eigenvalue weighted by atomic mass is 9.98. The first kappa shape index (κ1) is 42.8. The average molecular weight is 737 g/mol. The minimum atomic E-state index is -0.921. The molecule has 1 aliphatic carbocycles. The van der Waals surface area contributed by atoms with Crippen molar-refractivity contribution in [1.82, 2.24) is 21.3 Å². The summed E-state index contributed by atoms with van der Waals surface area (Å²) in [6.07, 6.45) is 3.58. The molecule has 2 aromatic rings. The van der Waals surface area contributed by atoms with Crippen molar-refractivity contribution in [2.24, 2.45) is 0 Å². The highest BCUT2D eigenvalue weighted by Gasteiger charge is 2.31. The first-order valence-corrected chi connectivity index (χ1v) is 19.0. The van der Waals surface area contributed by atoms with E-state index in [2.05, 4.69) is 52.5 Å². The minimum Gasteiger partial charge on any atom is -0.458 e. The molecule has 53 heavy (non-hydrogen) atoms. The van der Waals surface area contributed by atoms with Gasteiger partial charge < -0.3 is 35.5 Å². The highest BCUT2D eigenvalue weighted by molar-refractivity contribution is 5.90. The summed E-state index contributed by atoms with van der Waals surface area (Å²) in [5.41, 5.74) is 3.18. The third-order valence-corrected chi connectivity index (χ3v) is 8.54. The third-order valence-electron chi connectivity index (χ3n) is 8.54. The lowest BCUT2D eigenvalue weighted by Crippen LogP contribution is -2.52. The molecule has 0 saturated heterocycles. The van der Waals surface area contributed by atoms with Crippen LogP contribution >= 0.6 is 0 Å². The molecule has 12 heteroatoms. The summed E-state index contributed by atoms with van der Waals surface area (Å²) in [5, 5.41) is 11.1. The second-order valence-electron chi connectivity index (χ2n) is 15.5. The van der Waals surface area contributed by atoms with Gasteiger partial charge in [0, 0.05) is 25.4 Å². The van der Waals surface area contributed by atoms with Crippen molar-refractivity contribution >= 4 is 30.0 Å². The molecule has 0 fully saturated rings. The van der Waals surface area contributed by atoms with Crippen LogP contribution in [0.1, 0.15) is 123 Å². The summed E-state index contributed by atoms with van der Waals surface area (Å²) < 4.78 is 16.4. The highest BCUT2D eigenvalue weighted by atomic mass is 16.6. The van der Waals surface area contributed by atoms with Crippen LogP contribution in [0.4, 0.5) is 9.59 Å². The van der Waals surface area contributed by atoms with Crippen molar-refractivity contribution in [1.29, 1.82) is 0 Å². The van der Waals surface area contributed by atoms with Gasteiger partial charge in [-0.15, -0.1) is 0 Å². The number of hydrogen-bond acceptors (Lipinski definition) is 8. The SMILES string of the molecule is CCCCC[C@H](NC(=O)C(CCCCNC(=O)OC(C)(C)C)NC(=O)CCCNC(=O)OCC1c2ccccc2-c2ccccc21)C(=O)OC(C)(C)C. The van der Waals surface area contributed by atoms with Gasteiger partial charge in [0.15, 0.2) is 0 Å². The lowest BCUT2D eigenvalue weighted by Gasteiger charge is -2.26. The number of carbonyl (C=O) groups is 5. The van der Waals surface area contributed by atoms with Gasteiger partial charge in [-0.2, -0.15) is 0 Å². The number of hydrogen-bond donors (Lipinski definition) is 4. The maximum Gasteiger partial charge on any atom is 0.407 e. The van der Waals surface area contributed by atoms with Crippen LogP contribution in [0.15, 0.2) is 48.5 Å². The van der Waals surface area contributed by atoms with E-state index in [1.165, 1.54) is 0 Å². The molecule has 4 amide bonds. The van der Waals surface area contributed by atoms with Gasteiger partial charge in [-0.1, -0.05) is 74.7 Å². The van der Waals surface area contributed by atoms with Gasteiger partial charge in [0.2, 0.25) is 11.8 Å². The Morgan fingerprint density at radius 1 is 0.660 bits per heavy atom. The van der Waals surface area contributed by atoms with Crippen LogP contribution in [0, 0.1) is 0 Å². The molecule has 1 unspecified atom stereocenters. The van der Waals surface area contributed by atoms with Gasteiger partial charge in [-0.25, -0.2) is 14.4 Å². The Bertz CT molecular complexity index is 1480. The average Bonchev–Trinajstić information content (AvgIpc) is 3.40. The molecular weight excluding hydrogens is 676 g/mol. The van der Waals surface area contributed by atoms with Crippen molar-refractivity contribution in [2.45, 2.75) is 135 Å². The van der Waals surface area contributed by atoms with Crippen LogP contribution in [0.25, 0.3) is 11.1 Å². The van der Waals surface area contributed by atoms with E-state index in [1.54, 1.807) is 41.5 Å². The molecule has 0 bridgehead atoms. The summed E-state index contributed by atoms with van der Waals surface area (Å²) in [4.78, 5) is 64.3. The van der Waals surface area contributed by atoms with Crippen LogP contribution in [0.2, 0.25) is 0 Å². The summed E-state index contributed by atoms with van der Waals surface area (Å²) >= 11 is 0. The molecular formula is C41H60N4O8. The summed E-state index contributed by atoms with van der Waals surface area (Å²) in [6, 6.07) is 14.4. The number of esters is 1. The van der Waals surface area contributed by atoms with Crippen molar-refractivity contribution in [2.75, 3.05) is 19.7 Å². The number of fused-ring (bicyclic) bond motifs is 3. The molecule has 0 heterocycles. The van der Waals surface area contributed by atoms with Gasteiger partial charge in [0.05, 0.1) is 0 Å². The predicted molar refractivity (Wildman–Crippen MR) is 204 cm³/mol. The molecule has 0 spiro atoms. The lowest BCUT2D eigenvalue weighted by molar-refractivity contribution is -0.159. The van der Waals surface area contributed by atoms with E-state index in [-0.39, 0.29) is 37.8 Å². The van der Waals surface area contributed by atoms with Crippen LogP contribution < -0.4 is 21.3 Å². The monoisotopic (exact) mass is 736 g/mol. The van der Waals surface area contributed by atoms with Crippen LogP contribution in [-0.4, -0.2) is 73.0 Å². The first-order valence-electron chi connectivity index (χ1n) is 19.0. The van der Waals surface area contributed by atoms with Crippen LogP contribution in [-0.2, 0) is 28.6 Å². The second kappa shape index (κ2) is 20.6. The summed E-state index contributed by atoms with van der Waals surface area (Å²) in [7, 11) is 0. The number of rotatable bonds is 19. The molecule has 0 radical (unpaired) electrons. The van der Waals surface area contributed by atoms with Gasteiger partial charge in [-0.3, -0.25) is 9.59 Å². The number of unbranched alkanes of at least 4 members (excludes halogenated alkanes) is 3. The van der Waals surface area contributed by atoms with Crippen LogP contribution in [0.5, 0.6) is 0 Å². The fourth-order valence-electron chi connectivity index (χ4n) is 6.09. The molecule has 0 aliphatic heterocycles. The number of nitrogens with one attached hydrogen (secondary N) is 4. The normalized spacial score (nSPS) is 13.5. The Balaban J connectivity index is 1.52. The quantitative estimate of drug-likeness (QED) is 0.0689. The van der Waals surface area contributed by atoms with Crippen molar-refractivity contribution in [3.05, 3.63) is 59.7 Å². The predicted octanol–water partition coefficient (Wildman–Crippen LogP) is 6.89. The van der Waals surface area contributed by atoms with E-state index < -0.39 is 47.3 Å². The number of amides is 4. The summed E-state index contributed by atoms with van der Waals surface area (Å²) in [5.74, 6) is -1.43. The van der Waals surface area contributed by atoms with E-state index in [0.717, 1.165) is 41.5 Å². The molecule has 0 aromatic heterocycles. The fourth-order valence-corrected chi connectivity index (χ4v) is 6.09. The second-order valence-corrected chi connectivity index (χ2v) is 15.5. The Morgan fingerprint density at radius 2 is 1.21 bits per heavy atom. The zero-order chi connectivity index (χ0) is 39.0. The van der Waals surface area contributed by atoms with Gasteiger partial charge >= 0.3 is 18.2 Å². The van der Waals surface area contributed by atoms with Crippen LogP contribution in [0.3, 0.4) is 0 Å². The van der Waals surface area contributed by atoms with Gasteiger partial charge in [0.25, 0.3) is 0 Å². The van der Waals surface area contributed by atoms with E-state index >= 15 is 0 Å². The largest absolute Gasteiger partial charge is 0.458 e. The minimum absolute atomic E-state index is 0.0552. The molecule has 292 valence electrons. The van der Waals surface area contributed by atoms with Crippen molar-refractivity contribution < 1.29 is 38.2 Å². The first-order chi connectivity index (χ1) is 25.1. The molecule has 12 nitrogen and oxygen atoms in total. The standard InChI is InChI=1S/C41H60N4O8/c1-8-9-10-23-34(37(48)52-40(2,3)4)45-36(47)33(22-15-16-25-43-39(50)53-41(5,6)7)44-35(46)24-17-26-42-38(49)51-27-32-30-20-13-11-18-28(30)29-19-12-14-21-31(29)32/h11-14,18-21,32-34H,8-10,15-17,22-27H2,1-7H3,(H,42,49)(H,43,50)(H,44,46)(H,45,47)/t33?,34-/m0/s1. The van der Waals surface area contributed by atoms with E-state index in [1.807, 2.05) is 24.3 Å². The Kier molecular flexibility index (Phi) is 16.6. The molecule has 2 atom stereocenters. The molecule has 1 aliphatic rings. The molecule has 2 aromatic carbocycles. The van der Waals surface area contributed by atoms with Crippen molar-refractivity contribution in [3.8, 4) is 11.1 Å². The Morgan fingerprint density at radius 3 is 1.81 bits per heavy atom. The highest BCUT2D eigenvalue weighted by Crippen LogP contribution is 2.44. The summed E-state index contributed by atoms with van der Waals surface area (Å²) in [6.45, 7) is 13.4. The maximum atomic E-state index is 13.6. The van der Waals surface area contributed by atoms with E-state index in [9.17, 15) is 24.0 Å². The third kappa shape index (κ3) is 15.1. The van der Waals surface area contributed by atoms with E-state index in [4.69, 9.17) is 14.2 Å². The number of alkyl carbamates (subject to hydrolysis) is 2. The van der Waals surface area contributed by atoms with E-state index in [0.29, 0.717) is 32.2 Å². The fraction of sp³-hybridized carbons (Fsp3) is 0.585. The molecule has 3 rings (SSSR count). The van der Waals surface area contributed by atoms with Gasteiger partial charge in [-0.05, 0) is 95.9 Å². The zero-order valence-electron chi connectivity index (χ0n) is 32.6. The molecule has 0 saturated carbocycles. The Labute approximate surface area is 314 Å².